The molecule has 0 aromatic carbocycles. The van der Waals surface area contributed by atoms with Crippen molar-refractivity contribution in [2.45, 2.75) is 64.6 Å². The average molecular weight is 457 g/mol. The van der Waals surface area contributed by atoms with Gasteiger partial charge >= 0.3 is 11.9 Å². The van der Waals surface area contributed by atoms with Crippen LogP contribution in [0.2, 0.25) is 0 Å². The summed E-state index contributed by atoms with van der Waals surface area (Å²) < 4.78 is 13.3. The third-order valence-electron chi connectivity index (χ3n) is 13.3. The van der Waals surface area contributed by atoms with Gasteiger partial charge in [0.15, 0.2) is 0 Å². The minimum Gasteiger partial charge on any atom is -0.450 e. The van der Waals surface area contributed by atoms with Crippen molar-refractivity contribution in [2.24, 2.45) is 58.2 Å². The summed E-state index contributed by atoms with van der Waals surface area (Å²) in [7, 11) is 0. The molecule has 176 valence electrons. The van der Waals surface area contributed by atoms with Crippen LogP contribution in [0.3, 0.4) is 0 Å². The van der Waals surface area contributed by atoms with Gasteiger partial charge in [0.2, 0.25) is 0 Å². The van der Waals surface area contributed by atoms with Gasteiger partial charge in [-0.25, -0.2) is 9.59 Å². The van der Waals surface area contributed by atoms with Crippen molar-refractivity contribution in [1.82, 2.24) is 0 Å². The van der Waals surface area contributed by atoms with Crippen molar-refractivity contribution in [1.29, 1.82) is 0 Å². The predicted molar refractivity (Wildman–Crippen MR) is 124 cm³/mol. The molecule has 2 aliphatic heterocycles. The minimum atomic E-state index is -0.647. The molecule has 7 saturated carbocycles. The molecule has 7 fully saturated rings. The van der Waals surface area contributed by atoms with Gasteiger partial charge in [0.25, 0.3) is 0 Å². The number of fused-ring (bicyclic) bond motifs is 8. The second-order valence-electron chi connectivity index (χ2n) is 13.7. The van der Waals surface area contributed by atoms with Crippen LogP contribution in [0, 0.1) is 58.2 Å². The van der Waals surface area contributed by atoms with Gasteiger partial charge in [-0.2, -0.15) is 0 Å². The first-order valence-electron chi connectivity index (χ1n) is 13.3. The molecule has 8 atom stereocenters. The molecule has 0 aromatic heterocycles. The summed E-state index contributed by atoms with van der Waals surface area (Å²) >= 11 is 0. The summed E-state index contributed by atoms with van der Waals surface area (Å²) in [4.78, 5) is 26.7. The quantitative estimate of drug-likeness (QED) is 0.384. The molecule has 0 amide bonds. The van der Waals surface area contributed by atoms with Crippen molar-refractivity contribution in [2.75, 3.05) is 0 Å². The molecule has 9 aliphatic rings. The minimum absolute atomic E-state index is 0.0119. The van der Waals surface area contributed by atoms with Gasteiger partial charge in [-0.15, -0.1) is 0 Å². The van der Waals surface area contributed by atoms with Gasteiger partial charge in [0, 0.05) is 11.1 Å². The van der Waals surface area contributed by atoms with Gasteiger partial charge in [-0.3, -0.25) is 0 Å². The van der Waals surface area contributed by atoms with Crippen LogP contribution < -0.4 is 0 Å². The molecule has 2 heterocycles. The number of hydrogen-bond acceptors (Lipinski definition) is 4. The third-order valence-corrected chi connectivity index (χ3v) is 13.3. The molecule has 0 unspecified atom stereocenters. The molecule has 0 saturated heterocycles. The molecule has 34 heavy (non-hydrogen) atoms. The van der Waals surface area contributed by atoms with Gasteiger partial charge in [0.05, 0.1) is 11.8 Å². The van der Waals surface area contributed by atoms with E-state index in [-0.39, 0.29) is 34.6 Å². The van der Waals surface area contributed by atoms with Crippen LogP contribution in [0.1, 0.15) is 53.4 Å². The highest BCUT2D eigenvalue weighted by Gasteiger charge is 2.94. The number of ether oxygens (including phenoxy) is 2. The summed E-state index contributed by atoms with van der Waals surface area (Å²) in [6.45, 7) is 17.9. The lowest BCUT2D eigenvalue weighted by Crippen LogP contribution is -2.85. The third kappa shape index (κ3) is 1.44. The normalized spacial score (nSPS) is 60.8. The molecule has 7 aliphatic carbocycles. The number of carbonyl (C=O) groups is 2. The smallest absolute Gasteiger partial charge is 0.334 e. The van der Waals surface area contributed by atoms with E-state index in [1.165, 1.54) is 35.1 Å². The Morgan fingerprint density at radius 1 is 0.735 bits per heavy atom. The highest BCUT2D eigenvalue weighted by Crippen LogP contribution is 2.90. The topological polar surface area (TPSA) is 52.6 Å². The van der Waals surface area contributed by atoms with Gasteiger partial charge < -0.3 is 9.47 Å². The first-order chi connectivity index (χ1) is 16.1. The van der Waals surface area contributed by atoms with E-state index in [4.69, 9.17) is 9.47 Å². The number of allylic oxidation sites excluding steroid dienone is 2. The molecule has 0 bridgehead atoms. The van der Waals surface area contributed by atoms with Gasteiger partial charge in [0.1, 0.15) is 11.2 Å². The van der Waals surface area contributed by atoms with Gasteiger partial charge in [-0.05, 0) is 97.0 Å². The van der Waals surface area contributed by atoms with Crippen LogP contribution in [0.5, 0.6) is 0 Å². The zero-order chi connectivity index (χ0) is 23.5. The lowest BCUT2D eigenvalue weighted by Gasteiger charge is -2.77. The summed E-state index contributed by atoms with van der Waals surface area (Å²) in [5.74, 6) is 2.61. The van der Waals surface area contributed by atoms with E-state index in [1.54, 1.807) is 0 Å². The van der Waals surface area contributed by atoms with Crippen LogP contribution in [-0.4, -0.2) is 23.1 Å². The largest absolute Gasteiger partial charge is 0.450 e. The standard InChI is InChI=1S/C30H32O4/c1-11-15-7-21(15)27(5)17(11)9-19-13(3)23(31)33-29(19)25(27)30-20(14(4)24(32)34-30)10-18-12(2)16-8-22(16)28(18,6)26(29)30/h15-18,21-22,25-26H,1-2,7-10H2,3-6H3/t15-,16-,17+,18+,21-,22-,25?,26?,27-,28-,29?,30?/m1/s1. The summed E-state index contributed by atoms with van der Waals surface area (Å²) in [6, 6.07) is 0. The van der Waals surface area contributed by atoms with Crippen LogP contribution in [0.25, 0.3) is 0 Å². The zero-order valence-electron chi connectivity index (χ0n) is 20.5. The van der Waals surface area contributed by atoms with Crippen molar-refractivity contribution in [3.63, 3.8) is 0 Å². The number of esters is 2. The second kappa shape index (κ2) is 4.80. The maximum atomic E-state index is 13.3. The van der Waals surface area contributed by atoms with E-state index in [0.717, 1.165) is 24.0 Å². The van der Waals surface area contributed by atoms with Crippen molar-refractivity contribution in [3.8, 4) is 0 Å². The van der Waals surface area contributed by atoms with E-state index in [0.29, 0.717) is 35.5 Å². The zero-order valence-corrected chi connectivity index (χ0v) is 20.5. The van der Waals surface area contributed by atoms with E-state index < -0.39 is 11.2 Å². The predicted octanol–water partition coefficient (Wildman–Crippen LogP) is 4.92. The SMILES string of the molecule is C=C1[C@H]2C[C@H]2[C@]2(C)C3C4(OC(=O)C(C)=C4C[C@@H]12)C1C32OC(=O)C(C)=C2C[C@H]2C(=C)[C@H]3C[C@H]3[C@]12C. The summed E-state index contributed by atoms with van der Waals surface area (Å²) in [5, 5.41) is 0. The molecule has 2 spiro atoms. The highest BCUT2D eigenvalue weighted by molar-refractivity contribution is 5.96. The molecular formula is C30H32O4. The molecule has 4 heteroatoms. The maximum absolute atomic E-state index is 13.3. The van der Waals surface area contributed by atoms with Crippen molar-refractivity contribution < 1.29 is 19.1 Å². The Balaban J connectivity index is 1.38. The molecule has 4 nitrogen and oxygen atoms in total. The number of carbonyl (C=O) groups excluding carboxylic acids is 2. The van der Waals surface area contributed by atoms with Crippen LogP contribution >= 0.6 is 0 Å². The lowest BCUT2D eigenvalue weighted by atomic mass is 9.28. The molecule has 0 radical (unpaired) electrons. The summed E-state index contributed by atoms with van der Waals surface area (Å²) in [5.41, 5.74) is 5.33. The Morgan fingerprint density at radius 2 is 1.12 bits per heavy atom. The number of rotatable bonds is 0. The fraction of sp³-hybridized carbons (Fsp3) is 0.667. The summed E-state index contributed by atoms with van der Waals surface area (Å²) in [6.07, 6.45) is 4.12. The number of hydrogen-bond donors (Lipinski definition) is 0. The Morgan fingerprint density at radius 3 is 1.50 bits per heavy atom. The van der Waals surface area contributed by atoms with Gasteiger partial charge in [-0.1, -0.05) is 38.2 Å². The van der Waals surface area contributed by atoms with Crippen molar-refractivity contribution in [3.05, 3.63) is 46.6 Å². The molecule has 0 aromatic rings. The van der Waals surface area contributed by atoms with E-state index in [1.807, 2.05) is 13.8 Å². The van der Waals surface area contributed by atoms with E-state index in [2.05, 4.69) is 27.0 Å². The van der Waals surface area contributed by atoms with Crippen LogP contribution in [0.4, 0.5) is 0 Å². The second-order valence-corrected chi connectivity index (χ2v) is 13.7. The maximum Gasteiger partial charge on any atom is 0.334 e. The first kappa shape index (κ1) is 19.1. The molecular weight excluding hydrogens is 424 g/mol. The van der Waals surface area contributed by atoms with Crippen molar-refractivity contribution >= 4 is 11.9 Å². The fourth-order valence-electron chi connectivity index (χ4n) is 12.1. The highest BCUT2D eigenvalue weighted by atomic mass is 16.6. The fourth-order valence-corrected chi connectivity index (χ4v) is 12.1. The lowest BCUT2D eigenvalue weighted by molar-refractivity contribution is -0.344. The molecule has 0 N–H and O–H groups in total. The van der Waals surface area contributed by atoms with Crippen LogP contribution in [0.15, 0.2) is 46.6 Å². The van der Waals surface area contributed by atoms with Crippen LogP contribution in [-0.2, 0) is 19.1 Å². The average Bonchev–Trinajstić information content (AvgIpc) is 3.66. The Hall–Kier alpha value is -2.10. The molecule has 9 rings (SSSR count). The Labute approximate surface area is 200 Å². The Bertz CT molecular complexity index is 1200. The van der Waals surface area contributed by atoms with E-state index >= 15 is 0 Å². The monoisotopic (exact) mass is 456 g/mol. The first-order valence-corrected chi connectivity index (χ1v) is 13.3. The van der Waals surface area contributed by atoms with E-state index in [9.17, 15) is 9.59 Å². The Kier molecular flexibility index (Phi) is 2.70.